The average Bonchev–Trinajstić information content (AvgIpc) is 3.33. The van der Waals surface area contributed by atoms with Gasteiger partial charge in [-0.2, -0.15) is 4.37 Å². The first-order valence-corrected chi connectivity index (χ1v) is 12.0. The van der Waals surface area contributed by atoms with E-state index in [0.29, 0.717) is 13.0 Å². The molecule has 1 N–H and O–H groups in total. The van der Waals surface area contributed by atoms with Crippen molar-refractivity contribution in [2.75, 3.05) is 18.6 Å². The minimum Gasteiger partial charge on any atom is -0.497 e. The van der Waals surface area contributed by atoms with E-state index >= 15 is 0 Å². The van der Waals surface area contributed by atoms with Crippen molar-refractivity contribution in [2.24, 2.45) is 0 Å². The van der Waals surface area contributed by atoms with Crippen molar-refractivity contribution < 1.29 is 9.53 Å². The number of methoxy groups -OCH3 is 1. The van der Waals surface area contributed by atoms with E-state index in [2.05, 4.69) is 21.8 Å². The Kier molecular flexibility index (Phi) is 7.88. The smallest absolute Gasteiger partial charge is 0.240 e. The molecule has 4 aromatic rings. The van der Waals surface area contributed by atoms with Crippen molar-refractivity contribution in [1.82, 2.24) is 14.7 Å². The number of anilines is 1. The van der Waals surface area contributed by atoms with E-state index < -0.39 is 0 Å². The van der Waals surface area contributed by atoms with E-state index in [1.807, 2.05) is 84.6 Å². The molecule has 1 aromatic heterocycles. The van der Waals surface area contributed by atoms with Crippen LogP contribution < -0.4 is 15.0 Å². The van der Waals surface area contributed by atoms with Crippen LogP contribution in [0.4, 0.5) is 5.13 Å². The summed E-state index contributed by atoms with van der Waals surface area (Å²) in [5, 5.41) is 3.83. The predicted molar refractivity (Wildman–Crippen MR) is 136 cm³/mol. The SMILES string of the molecule is COc1cccc(Cc2nsc(N(CC(=O)NC(C)c3ccccc3)Cc3ccccc3)n2)c1. The van der Waals surface area contributed by atoms with E-state index in [0.717, 1.165) is 33.4 Å². The van der Waals surface area contributed by atoms with Crippen LogP contribution in [0.25, 0.3) is 0 Å². The lowest BCUT2D eigenvalue weighted by molar-refractivity contribution is -0.120. The van der Waals surface area contributed by atoms with E-state index in [1.165, 1.54) is 11.5 Å². The van der Waals surface area contributed by atoms with Gasteiger partial charge < -0.3 is 15.0 Å². The lowest BCUT2D eigenvalue weighted by atomic mass is 10.1. The summed E-state index contributed by atoms with van der Waals surface area (Å²) in [4.78, 5) is 19.7. The molecule has 0 aliphatic carbocycles. The molecule has 0 saturated carbocycles. The minimum atomic E-state index is -0.0784. The van der Waals surface area contributed by atoms with Gasteiger partial charge in [0.2, 0.25) is 11.0 Å². The zero-order chi connectivity index (χ0) is 23.8. The Hall–Kier alpha value is -3.71. The highest BCUT2D eigenvalue weighted by atomic mass is 32.1. The number of aromatic nitrogens is 2. The van der Waals surface area contributed by atoms with Gasteiger partial charge in [-0.25, -0.2) is 4.98 Å². The highest BCUT2D eigenvalue weighted by Gasteiger charge is 2.19. The Morgan fingerprint density at radius 1 is 1.00 bits per heavy atom. The molecule has 6 nitrogen and oxygen atoms in total. The highest BCUT2D eigenvalue weighted by Crippen LogP contribution is 2.22. The van der Waals surface area contributed by atoms with Crippen LogP contribution in [0.5, 0.6) is 5.75 Å². The van der Waals surface area contributed by atoms with Crippen molar-refractivity contribution >= 4 is 22.6 Å². The largest absolute Gasteiger partial charge is 0.497 e. The number of ether oxygens (including phenoxy) is 1. The summed E-state index contributed by atoms with van der Waals surface area (Å²) < 4.78 is 9.88. The Morgan fingerprint density at radius 3 is 2.44 bits per heavy atom. The molecule has 7 heteroatoms. The van der Waals surface area contributed by atoms with Crippen molar-refractivity contribution in [2.45, 2.75) is 25.9 Å². The lowest BCUT2D eigenvalue weighted by Crippen LogP contribution is -2.38. The van der Waals surface area contributed by atoms with Crippen LogP contribution >= 0.6 is 11.5 Å². The molecule has 0 spiro atoms. The fourth-order valence-corrected chi connectivity index (χ4v) is 4.37. The first kappa shape index (κ1) is 23.4. The molecule has 1 amide bonds. The van der Waals surface area contributed by atoms with Crippen LogP contribution in [0.1, 0.15) is 35.5 Å². The van der Waals surface area contributed by atoms with Crippen LogP contribution in [0.15, 0.2) is 84.9 Å². The number of carbonyl (C=O) groups is 1. The molecule has 0 radical (unpaired) electrons. The first-order valence-electron chi connectivity index (χ1n) is 11.2. The van der Waals surface area contributed by atoms with Gasteiger partial charge >= 0.3 is 0 Å². The van der Waals surface area contributed by atoms with Gasteiger partial charge in [-0.1, -0.05) is 72.8 Å². The molecule has 0 saturated heterocycles. The number of rotatable bonds is 10. The molecule has 1 heterocycles. The van der Waals surface area contributed by atoms with E-state index in [4.69, 9.17) is 9.72 Å². The van der Waals surface area contributed by atoms with Crippen LogP contribution in [0.3, 0.4) is 0 Å². The fourth-order valence-electron chi connectivity index (χ4n) is 3.69. The molecule has 0 fully saturated rings. The Morgan fingerprint density at radius 2 is 1.71 bits per heavy atom. The number of nitrogens with one attached hydrogen (secondary N) is 1. The third-order valence-corrected chi connectivity index (χ3v) is 6.27. The zero-order valence-corrected chi connectivity index (χ0v) is 20.2. The predicted octanol–water partition coefficient (Wildman–Crippen LogP) is 5.02. The van der Waals surface area contributed by atoms with Gasteiger partial charge in [-0.05, 0) is 35.7 Å². The Labute approximate surface area is 204 Å². The van der Waals surface area contributed by atoms with Crippen LogP contribution in [0.2, 0.25) is 0 Å². The first-order chi connectivity index (χ1) is 16.6. The van der Waals surface area contributed by atoms with Gasteiger partial charge in [0.15, 0.2) is 0 Å². The van der Waals surface area contributed by atoms with Crippen LogP contribution in [0, 0.1) is 0 Å². The van der Waals surface area contributed by atoms with Gasteiger partial charge in [0.25, 0.3) is 0 Å². The summed E-state index contributed by atoms with van der Waals surface area (Å²) >= 11 is 1.32. The monoisotopic (exact) mass is 472 g/mol. The van der Waals surface area contributed by atoms with Gasteiger partial charge in [-0.15, -0.1) is 0 Å². The van der Waals surface area contributed by atoms with E-state index in [1.54, 1.807) is 7.11 Å². The summed E-state index contributed by atoms with van der Waals surface area (Å²) in [7, 11) is 1.66. The Balaban J connectivity index is 1.49. The number of carbonyl (C=O) groups excluding carboxylic acids is 1. The van der Waals surface area contributed by atoms with Crippen molar-refractivity contribution in [1.29, 1.82) is 0 Å². The van der Waals surface area contributed by atoms with Crippen LogP contribution in [-0.2, 0) is 17.8 Å². The summed E-state index contributed by atoms with van der Waals surface area (Å²) in [6, 6.07) is 27.9. The Bertz CT molecular complexity index is 1200. The molecule has 1 atom stereocenters. The van der Waals surface area contributed by atoms with Crippen LogP contribution in [-0.4, -0.2) is 28.9 Å². The molecular formula is C27H28N4O2S. The molecule has 4 rings (SSSR count). The molecular weight excluding hydrogens is 444 g/mol. The third-order valence-electron chi connectivity index (χ3n) is 5.45. The molecule has 3 aromatic carbocycles. The quantitative estimate of drug-likeness (QED) is 0.351. The molecule has 0 aliphatic heterocycles. The summed E-state index contributed by atoms with van der Waals surface area (Å²) in [5.74, 6) is 1.48. The second-order valence-corrected chi connectivity index (χ2v) is 8.79. The maximum atomic E-state index is 13.0. The molecule has 174 valence electrons. The van der Waals surface area contributed by atoms with Crippen molar-refractivity contribution in [3.63, 3.8) is 0 Å². The molecule has 0 aliphatic rings. The maximum absolute atomic E-state index is 13.0. The zero-order valence-electron chi connectivity index (χ0n) is 19.3. The number of benzene rings is 3. The van der Waals surface area contributed by atoms with Crippen molar-refractivity contribution in [3.05, 3.63) is 107 Å². The van der Waals surface area contributed by atoms with Gasteiger partial charge in [0.05, 0.1) is 19.7 Å². The summed E-state index contributed by atoms with van der Waals surface area (Å²) in [5.41, 5.74) is 3.26. The van der Waals surface area contributed by atoms with Crippen molar-refractivity contribution in [3.8, 4) is 5.75 Å². The van der Waals surface area contributed by atoms with Gasteiger partial charge in [-0.3, -0.25) is 4.79 Å². The normalized spacial score (nSPS) is 11.6. The summed E-state index contributed by atoms with van der Waals surface area (Å²) in [6.45, 7) is 2.76. The van der Waals surface area contributed by atoms with E-state index in [-0.39, 0.29) is 18.5 Å². The van der Waals surface area contributed by atoms with Gasteiger partial charge in [0, 0.05) is 24.5 Å². The number of hydrogen-bond acceptors (Lipinski definition) is 6. The second kappa shape index (κ2) is 11.4. The molecule has 0 bridgehead atoms. The molecule has 34 heavy (non-hydrogen) atoms. The summed E-state index contributed by atoms with van der Waals surface area (Å²) in [6.07, 6.45) is 0.601. The fraction of sp³-hybridized carbons (Fsp3) is 0.222. The van der Waals surface area contributed by atoms with E-state index in [9.17, 15) is 4.79 Å². The number of nitrogens with zero attached hydrogens (tertiary/aromatic N) is 3. The number of hydrogen-bond donors (Lipinski definition) is 1. The molecule has 1 unspecified atom stereocenters. The number of amides is 1. The third kappa shape index (κ3) is 6.42. The van der Waals surface area contributed by atoms with Gasteiger partial charge in [0.1, 0.15) is 11.6 Å². The average molecular weight is 473 g/mol. The standard InChI is InChI=1S/C27H28N4O2S/c1-20(23-13-7-4-8-14-23)28-26(32)19-31(18-21-10-5-3-6-11-21)27-29-25(30-34-27)17-22-12-9-15-24(16-22)33-2/h3-16,20H,17-19H2,1-2H3,(H,28,32). The second-order valence-electron chi connectivity index (χ2n) is 8.06. The maximum Gasteiger partial charge on any atom is 0.240 e. The highest BCUT2D eigenvalue weighted by molar-refractivity contribution is 7.09. The lowest BCUT2D eigenvalue weighted by Gasteiger charge is -2.22. The topological polar surface area (TPSA) is 67.3 Å². The minimum absolute atomic E-state index is 0.0585.